The number of nitrogens with zero attached hydrogens (tertiary/aromatic N) is 2. The van der Waals surface area contributed by atoms with Crippen molar-refractivity contribution in [3.05, 3.63) is 17.4 Å². The quantitative estimate of drug-likeness (QED) is 0.577. The second kappa shape index (κ2) is 7.97. The lowest BCUT2D eigenvalue weighted by atomic mass is 10.1. The molecule has 0 bridgehead atoms. The third-order valence-corrected chi connectivity index (χ3v) is 2.44. The number of hydrogen-bond acceptors (Lipinski definition) is 4. The predicted molar refractivity (Wildman–Crippen MR) is 67.8 cm³/mol. The van der Waals surface area contributed by atoms with Crippen LogP contribution in [0.1, 0.15) is 32.1 Å². The zero-order valence-electron chi connectivity index (χ0n) is 9.66. The van der Waals surface area contributed by atoms with Crippen LogP contribution in [-0.4, -0.2) is 22.4 Å². The zero-order chi connectivity index (χ0) is 12.5. The Morgan fingerprint density at radius 3 is 2.82 bits per heavy atom. The fraction of sp³-hybridized carbons (Fsp3) is 0.545. The van der Waals surface area contributed by atoms with Gasteiger partial charge in [0.25, 0.3) is 0 Å². The first-order valence-electron chi connectivity index (χ1n) is 5.71. The van der Waals surface area contributed by atoms with Gasteiger partial charge in [0.15, 0.2) is 0 Å². The normalized spacial score (nSPS) is 10.2. The number of amides is 1. The van der Waals surface area contributed by atoms with E-state index in [2.05, 4.69) is 15.3 Å². The van der Waals surface area contributed by atoms with Gasteiger partial charge in [-0.15, -0.1) is 0 Å². The summed E-state index contributed by atoms with van der Waals surface area (Å²) in [6.07, 6.45) is 5.93. The maximum Gasteiger partial charge on any atom is 0.230 e. The number of unbranched alkanes of at least 4 members (excludes halogenated alkanes) is 3. The molecule has 1 aromatic rings. The zero-order valence-corrected chi connectivity index (χ0v) is 10.4. The van der Waals surface area contributed by atoms with E-state index in [0.717, 1.165) is 25.7 Å². The van der Waals surface area contributed by atoms with E-state index >= 15 is 0 Å². The highest BCUT2D eigenvalue weighted by atomic mass is 35.5. The van der Waals surface area contributed by atoms with Crippen LogP contribution in [0.15, 0.2) is 12.3 Å². The van der Waals surface area contributed by atoms with Gasteiger partial charge in [0.2, 0.25) is 11.9 Å². The molecule has 0 atom stereocenters. The molecule has 0 saturated heterocycles. The Balaban J connectivity index is 2.21. The minimum absolute atomic E-state index is 0.0833. The van der Waals surface area contributed by atoms with Gasteiger partial charge in [-0.25, -0.2) is 9.97 Å². The molecule has 17 heavy (non-hydrogen) atoms. The molecule has 0 aliphatic rings. The Morgan fingerprint density at radius 2 is 2.12 bits per heavy atom. The molecule has 1 rings (SSSR count). The second-order valence-corrected chi connectivity index (χ2v) is 4.09. The average Bonchev–Trinajstić information content (AvgIpc) is 2.29. The van der Waals surface area contributed by atoms with Crippen molar-refractivity contribution < 1.29 is 4.79 Å². The minimum atomic E-state index is -0.0833. The molecule has 0 aliphatic heterocycles. The summed E-state index contributed by atoms with van der Waals surface area (Å²) in [5.41, 5.74) is 5.38. The highest BCUT2D eigenvalue weighted by Crippen LogP contribution is 2.07. The van der Waals surface area contributed by atoms with Gasteiger partial charge >= 0.3 is 0 Å². The van der Waals surface area contributed by atoms with Crippen molar-refractivity contribution in [2.45, 2.75) is 32.1 Å². The average molecular weight is 257 g/mol. The van der Waals surface area contributed by atoms with E-state index in [0.29, 0.717) is 18.1 Å². The van der Waals surface area contributed by atoms with E-state index in [1.165, 1.54) is 6.20 Å². The molecule has 0 unspecified atom stereocenters. The number of carbonyl (C=O) groups is 1. The lowest BCUT2D eigenvalue weighted by Gasteiger charge is -2.03. The fourth-order valence-corrected chi connectivity index (χ4v) is 1.50. The van der Waals surface area contributed by atoms with E-state index < -0.39 is 0 Å². The first kappa shape index (κ1) is 13.9. The van der Waals surface area contributed by atoms with Crippen LogP contribution in [0.3, 0.4) is 0 Å². The Kier molecular flexibility index (Phi) is 6.50. The maximum absolute atomic E-state index is 11.5. The van der Waals surface area contributed by atoms with Crippen LogP contribution in [0.2, 0.25) is 5.15 Å². The topological polar surface area (TPSA) is 80.9 Å². The van der Waals surface area contributed by atoms with Gasteiger partial charge in [0.1, 0.15) is 5.15 Å². The van der Waals surface area contributed by atoms with Crippen molar-refractivity contribution in [3.63, 3.8) is 0 Å². The molecule has 0 spiro atoms. The standard InChI is InChI=1S/C11H17ClN4O/c12-9-6-8-14-11(15-9)16-10(17)5-3-1-2-4-7-13/h6,8H,1-5,7,13H2,(H,14,15,16,17). The van der Waals surface area contributed by atoms with Crippen molar-refractivity contribution >= 4 is 23.5 Å². The molecule has 0 saturated carbocycles. The van der Waals surface area contributed by atoms with E-state index in [4.69, 9.17) is 17.3 Å². The van der Waals surface area contributed by atoms with E-state index in [1.54, 1.807) is 6.07 Å². The number of hydrogen-bond donors (Lipinski definition) is 2. The number of anilines is 1. The summed E-state index contributed by atoms with van der Waals surface area (Å²) < 4.78 is 0. The van der Waals surface area contributed by atoms with Crippen molar-refractivity contribution in [1.29, 1.82) is 0 Å². The summed E-state index contributed by atoms with van der Waals surface area (Å²) >= 11 is 5.68. The van der Waals surface area contributed by atoms with Gasteiger partial charge in [0, 0.05) is 12.6 Å². The summed E-state index contributed by atoms with van der Waals surface area (Å²) in [6, 6.07) is 1.56. The van der Waals surface area contributed by atoms with Gasteiger partial charge in [-0.1, -0.05) is 24.4 Å². The van der Waals surface area contributed by atoms with Crippen molar-refractivity contribution in [2.24, 2.45) is 5.73 Å². The van der Waals surface area contributed by atoms with Crippen LogP contribution in [0.4, 0.5) is 5.95 Å². The van der Waals surface area contributed by atoms with Crippen molar-refractivity contribution in [1.82, 2.24) is 9.97 Å². The smallest absolute Gasteiger partial charge is 0.230 e. The van der Waals surface area contributed by atoms with Gasteiger partial charge in [-0.2, -0.15) is 0 Å². The van der Waals surface area contributed by atoms with Crippen LogP contribution in [0, 0.1) is 0 Å². The molecule has 5 nitrogen and oxygen atoms in total. The molecule has 0 aliphatic carbocycles. The van der Waals surface area contributed by atoms with Crippen molar-refractivity contribution in [2.75, 3.05) is 11.9 Å². The molecule has 0 fully saturated rings. The molecule has 1 amide bonds. The lowest BCUT2D eigenvalue weighted by Crippen LogP contribution is -2.13. The van der Waals surface area contributed by atoms with Gasteiger partial charge in [-0.05, 0) is 25.5 Å². The molecule has 1 aromatic heterocycles. The third-order valence-electron chi connectivity index (χ3n) is 2.23. The predicted octanol–water partition coefficient (Wildman–Crippen LogP) is 1.98. The molecular formula is C11H17ClN4O. The molecule has 1 heterocycles. The molecule has 94 valence electrons. The Morgan fingerprint density at radius 1 is 1.35 bits per heavy atom. The van der Waals surface area contributed by atoms with E-state index in [1.807, 2.05) is 0 Å². The summed E-state index contributed by atoms with van der Waals surface area (Å²) in [5.74, 6) is 0.171. The number of carbonyl (C=O) groups excluding carboxylic acids is 1. The molecule has 6 heteroatoms. The first-order chi connectivity index (χ1) is 8.22. The highest BCUT2D eigenvalue weighted by molar-refractivity contribution is 6.29. The molecule has 0 aromatic carbocycles. The third kappa shape index (κ3) is 6.19. The van der Waals surface area contributed by atoms with Crippen LogP contribution >= 0.6 is 11.6 Å². The van der Waals surface area contributed by atoms with Crippen LogP contribution in [0.5, 0.6) is 0 Å². The summed E-state index contributed by atoms with van der Waals surface area (Å²) in [7, 11) is 0. The summed E-state index contributed by atoms with van der Waals surface area (Å²) in [5, 5.41) is 2.92. The Bertz CT molecular complexity index is 359. The molecular weight excluding hydrogens is 240 g/mol. The maximum atomic E-state index is 11.5. The van der Waals surface area contributed by atoms with Gasteiger partial charge < -0.3 is 5.73 Å². The molecule has 0 radical (unpaired) electrons. The largest absolute Gasteiger partial charge is 0.330 e. The van der Waals surface area contributed by atoms with Crippen LogP contribution in [-0.2, 0) is 4.79 Å². The fourth-order valence-electron chi connectivity index (χ4n) is 1.37. The van der Waals surface area contributed by atoms with Crippen molar-refractivity contribution in [3.8, 4) is 0 Å². The number of rotatable bonds is 7. The van der Waals surface area contributed by atoms with Gasteiger partial charge in [0.05, 0.1) is 0 Å². The first-order valence-corrected chi connectivity index (χ1v) is 6.08. The minimum Gasteiger partial charge on any atom is -0.330 e. The number of nitrogens with one attached hydrogen (secondary N) is 1. The second-order valence-electron chi connectivity index (χ2n) is 3.70. The molecule has 3 N–H and O–H groups in total. The summed E-state index contributed by atoms with van der Waals surface area (Å²) in [6.45, 7) is 0.711. The van der Waals surface area contributed by atoms with Crippen LogP contribution < -0.4 is 11.1 Å². The van der Waals surface area contributed by atoms with Crippen LogP contribution in [0.25, 0.3) is 0 Å². The monoisotopic (exact) mass is 256 g/mol. The number of nitrogens with two attached hydrogens (primary N) is 1. The Labute approximate surface area is 106 Å². The highest BCUT2D eigenvalue weighted by Gasteiger charge is 2.04. The van der Waals surface area contributed by atoms with Gasteiger partial charge in [-0.3, -0.25) is 10.1 Å². The van der Waals surface area contributed by atoms with E-state index in [-0.39, 0.29) is 11.9 Å². The van der Waals surface area contributed by atoms with E-state index in [9.17, 15) is 4.79 Å². The number of halogens is 1. The number of aromatic nitrogens is 2. The summed E-state index contributed by atoms with van der Waals surface area (Å²) in [4.78, 5) is 19.3. The SMILES string of the molecule is NCCCCCCC(=O)Nc1nccc(Cl)n1. The lowest BCUT2D eigenvalue weighted by molar-refractivity contribution is -0.116. The Hall–Kier alpha value is -1.20.